The van der Waals surface area contributed by atoms with Crippen molar-refractivity contribution >= 4 is 28.8 Å². The van der Waals surface area contributed by atoms with Gasteiger partial charge >= 0.3 is 0 Å². The number of anilines is 1. The number of carbonyl (C=O) groups is 2. The van der Waals surface area contributed by atoms with Gasteiger partial charge in [-0.15, -0.1) is 10.2 Å². The molecule has 2 amide bonds. The van der Waals surface area contributed by atoms with Crippen molar-refractivity contribution < 1.29 is 9.59 Å². The van der Waals surface area contributed by atoms with Crippen molar-refractivity contribution in [2.75, 3.05) is 31.5 Å². The van der Waals surface area contributed by atoms with Gasteiger partial charge in [0, 0.05) is 31.7 Å². The van der Waals surface area contributed by atoms with Gasteiger partial charge < -0.3 is 4.90 Å². The van der Waals surface area contributed by atoms with Crippen LogP contribution >= 0.6 is 11.3 Å². The van der Waals surface area contributed by atoms with Crippen LogP contribution in [0.4, 0.5) is 5.13 Å². The van der Waals surface area contributed by atoms with Gasteiger partial charge in [0.2, 0.25) is 17.4 Å². The third-order valence-corrected chi connectivity index (χ3v) is 5.37. The average molecular weight is 373 g/mol. The summed E-state index contributed by atoms with van der Waals surface area (Å²) in [6, 6.07) is 9.58. The van der Waals surface area contributed by atoms with Gasteiger partial charge in [0.1, 0.15) is 5.01 Å². The molecule has 1 atom stereocenters. The summed E-state index contributed by atoms with van der Waals surface area (Å²) in [6.07, 6.45) is 2.56. The lowest BCUT2D eigenvalue weighted by Gasteiger charge is -2.37. The van der Waals surface area contributed by atoms with Crippen LogP contribution in [0.2, 0.25) is 0 Å². The number of benzene rings is 1. The fraction of sp³-hybridized carbons (Fsp3) is 0.444. The van der Waals surface area contributed by atoms with Crippen LogP contribution in [0.5, 0.6) is 0 Å². The summed E-state index contributed by atoms with van der Waals surface area (Å²) in [5.74, 6) is -0.0536. The summed E-state index contributed by atoms with van der Waals surface area (Å²) in [5.41, 5.74) is 0.987. The standard InChI is InChI=1S/C18H23N5O2S/c1-2-6-15(23-11-9-22(13-24)10-12-23)16(25)19-18-21-20-17(26-18)14-7-4-3-5-8-14/h3-5,7-8,13,15H,2,6,9-12H2,1H3,(H,19,21,25). The summed E-state index contributed by atoms with van der Waals surface area (Å²) in [5, 5.41) is 12.5. The second-order valence-corrected chi connectivity index (χ2v) is 7.23. The van der Waals surface area contributed by atoms with Gasteiger partial charge in [0.15, 0.2) is 0 Å². The van der Waals surface area contributed by atoms with E-state index in [1.807, 2.05) is 30.3 Å². The highest BCUT2D eigenvalue weighted by atomic mass is 32.1. The SMILES string of the molecule is CCCC(C(=O)Nc1nnc(-c2ccccc2)s1)N1CCN(C=O)CC1. The van der Waals surface area contributed by atoms with E-state index in [4.69, 9.17) is 0 Å². The third kappa shape index (κ3) is 4.44. The van der Waals surface area contributed by atoms with E-state index >= 15 is 0 Å². The zero-order chi connectivity index (χ0) is 18.4. The zero-order valence-corrected chi connectivity index (χ0v) is 15.6. The van der Waals surface area contributed by atoms with E-state index in [0.717, 1.165) is 29.8 Å². The van der Waals surface area contributed by atoms with Crippen molar-refractivity contribution in [1.82, 2.24) is 20.0 Å². The first-order chi connectivity index (χ1) is 12.7. The molecule has 1 aromatic carbocycles. The van der Waals surface area contributed by atoms with Crippen molar-refractivity contribution in [1.29, 1.82) is 0 Å². The monoisotopic (exact) mass is 373 g/mol. The lowest BCUT2D eigenvalue weighted by molar-refractivity contribution is -0.124. The van der Waals surface area contributed by atoms with Gasteiger partial charge in [-0.25, -0.2) is 0 Å². The van der Waals surface area contributed by atoms with E-state index in [1.54, 1.807) is 4.90 Å². The molecule has 0 radical (unpaired) electrons. The quantitative estimate of drug-likeness (QED) is 0.752. The van der Waals surface area contributed by atoms with Crippen LogP contribution in [0.25, 0.3) is 10.6 Å². The molecular weight excluding hydrogens is 350 g/mol. The summed E-state index contributed by atoms with van der Waals surface area (Å²) < 4.78 is 0. The molecule has 1 aliphatic heterocycles. The third-order valence-electron chi connectivity index (χ3n) is 4.48. The normalized spacial score (nSPS) is 16.3. The predicted octanol–water partition coefficient (Wildman–Crippen LogP) is 2.09. The highest BCUT2D eigenvalue weighted by Crippen LogP contribution is 2.26. The Kier molecular flexibility index (Phi) is 6.30. The molecule has 1 fully saturated rings. The average Bonchev–Trinajstić information content (AvgIpc) is 3.15. The molecule has 1 aliphatic rings. The summed E-state index contributed by atoms with van der Waals surface area (Å²) in [6.45, 7) is 4.81. The van der Waals surface area contributed by atoms with Crippen LogP contribution in [-0.4, -0.2) is 64.5 Å². The molecule has 1 saturated heterocycles. The fourth-order valence-corrected chi connectivity index (χ4v) is 3.82. The summed E-state index contributed by atoms with van der Waals surface area (Å²) in [7, 11) is 0. The van der Waals surface area contributed by atoms with E-state index in [0.29, 0.717) is 31.3 Å². The molecule has 0 bridgehead atoms. The van der Waals surface area contributed by atoms with Crippen LogP contribution < -0.4 is 5.32 Å². The van der Waals surface area contributed by atoms with Gasteiger partial charge in [-0.1, -0.05) is 55.0 Å². The van der Waals surface area contributed by atoms with E-state index in [1.165, 1.54) is 11.3 Å². The molecule has 0 saturated carbocycles. The van der Waals surface area contributed by atoms with Crippen molar-refractivity contribution in [2.45, 2.75) is 25.8 Å². The Morgan fingerprint density at radius 1 is 1.23 bits per heavy atom. The number of hydrogen-bond donors (Lipinski definition) is 1. The van der Waals surface area contributed by atoms with Gasteiger partial charge in [-0.05, 0) is 6.42 Å². The van der Waals surface area contributed by atoms with E-state index < -0.39 is 0 Å². The van der Waals surface area contributed by atoms with Gasteiger partial charge in [-0.2, -0.15) is 0 Å². The van der Waals surface area contributed by atoms with Gasteiger partial charge in [-0.3, -0.25) is 19.8 Å². The molecular formula is C18H23N5O2S. The Morgan fingerprint density at radius 2 is 1.96 bits per heavy atom. The summed E-state index contributed by atoms with van der Waals surface area (Å²) >= 11 is 1.37. The minimum absolute atomic E-state index is 0.0536. The second-order valence-electron chi connectivity index (χ2n) is 6.25. The van der Waals surface area contributed by atoms with Crippen LogP contribution in [0.3, 0.4) is 0 Å². The Labute approximate surface area is 157 Å². The van der Waals surface area contributed by atoms with E-state index in [2.05, 4.69) is 27.3 Å². The molecule has 8 heteroatoms. The largest absolute Gasteiger partial charge is 0.343 e. The Morgan fingerprint density at radius 3 is 2.62 bits per heavy atom. The van der Waals surface area contributed by atoms with E-state index in [9.17, 15) is 9.59 Å². The zero-order valence-electron chi connectivity index (χ0n) is 14.8. The lowest BCUT2D eigenvalue weighted by Crippen LogP contribution is -2.53. The highest BCUT2D eigenvalue weighted by molar-refractivity contribution is 7.18. The smallest absolute Gasteiger partial charge is 0.243 e. The topological polar surface area (TPSA) is 78.4 Å². The first kappa shape index (κ1) is 18.5. The molecule has 7 nitrogen and oxygen atoms in total. The first-order valence-corrected chi connectivity index (χ1v) is 9.66. The number of aromatic nitrogens is 2. The minimum atomic E-state index is -0.210. The number of hydrogen-bond acceptors (Lipinski definition) is 6. The summed E-state index contributed by atoms with van der Waals surface area (Å²) in [4.78, 5) is 27.6. The van der Waals surface area contributed by atoms with Crippen LogP contribution in [0.15, 0.2) is 30.3 Å². The molecule has 1 unspecified atom stereocenters. The van der Waals surface area contributed by atoms with Crippen molar-refractivity contribution in [3.63, 3.8) is 0 Å². The molecule has 0 spiro atoms. The molecule has 2 aromatic rings. The Bertz CT molecular complexity index is 728. The van der Waals surface area contributed by atoms with Crippen LogP contribution in [0, 0.1) is 0 Å². The molecule has 2 heterocycles. The molecule has 3 rings (SSSR count). The molecule has 138 valence electrons. The fourth-order valence-electron chi connectivity index (χ4n) is 3.07. The number of piperazine rings is 1. The van der Waals surface area contributed by atoms with Gasteiger partial charge in [0.05, 0.1) is 6.04 Å². The van der Waals surface area contributed by atoms with Crippen molar-refractivity contribution in [3.8, 4) is 10.6 Å². The number of rotatable bonds is 7. The van der Waals surface area contributed by atoms with E-state index in [-0.39, 0.29) is 11.9 Å². The van der Waals surface area contributed by atoms with Crippen molar-refractivity contribution in [3.05, 3.63) is 30.3 Å². The maximum Gasteiger partial charge on any atom is 0.243 e. The first-order valence-electron chi connectivity index (χ1n) is 8.84. The molecule has 1 aromatic heterocycles. The maximum absolute atomic E-state index is 12.8. The number of carbonyl (C=O) groups excluding carboxylic acids is 2. The van der Waals surface area contributed by atoms with Gasteiger partial charge in [0.25, 0.3) is 0 Å². The molecule has 26 heavy (non-hydrogen) atoms. The molecule has 1 N–H and O–H groups in total. The van der Waals surface area contributed by atoms with Crippen LogP contribution in [-0.2, 0) is 9.59 Å². The highest BCUT2D eigenvalue weighted by Gasteiger charge is 2.28. The predicted molar refractivity (Wildman–Crippen MR) is 102 cm³/mol. The Balaban J connectivity index is 1.65. The lowest BCUT2D eigenvalue weighted by atomic mass is 10.1. The van der Waals surface area contributed by atoms with Crippen molar-refractivity contribution in [2.24, 2.45) is 0 Å². The molecule has 0 aliphatic carbocycles. The Hall–Kier alpha value is -2.32. The maximum atomic E-state index is 12.8. The number of nitrogens with zero attached hydrogens (tertiary/aromatic N) is 4. The minimum Gasteiger partial charge on any atom is -0.343 e. The van der Waals surface area contributed by atoms with Crippen LogP contribution in [0.1, 0.15) is 19.8 Å². The second kappa shape index (κ2) is 8.86. The number of nitrogens with one attached hydrogen (secondary N) is 1. The number of amides is 2.